The largest absolute Gasteiger partial charge is 0.493 e. The molecule has 0 aliphatic heterocycles. The molecule has 1 saturated carbocycles. The van der Waals surface area contributed by atoms with Gasteiger partial charge in [-0.15, -0.1) is 0 Å². The van der Waals surface area contributed by atoms with Crippen LogP contribution in [0.5, 0.6) is 11.5 Å². The van der Waals surface area contributed by atoms with Crippen LogP contribution in [0.15, 0.2) is 36.5 Å². The number of hydrogen-bond acceptors (Lipinski definition) is 4. The summed E-state index contributed by atoms with van der Waals surface area (Å²) in [6, 6.07) is 6.55. The molecule has 0 saturated heterocycles. The van der Waals surface area contributed by atoms with Crippen LogP contribution in [0.25, 0.3) is 6.08 Å². The fourth-order valence-corrected chi connectivity index (χ4v) is 3.17. The number of anilines is 1. The maximum atomic E-state index is 12.4. The summed E-state index contributed by atoms with van der Waals surface area (Å²) in [5.41, 5.74) is 0.618. The van der Waals surface area contributed by atoms with Gasteiger partial charge in [0.05, 0.1) is 19.3 Å². The third-order valence-electron chi connectivity index (χ3n) is 4.42. The number of methoxy groups -OCH3 is 1. The standard InChI is InChI=1S/C19H21F2N3O3/c1-26-16-12-13(6-8-15(16)27-19(20)21)7-9-18(25)23-17-10-11-22-24(17)14-4-2-3-5-14/h6-12,14,19H,2-5H2,1H3,(H,23,25). The van der Waals surface area contributed by atoms with Gasteiger partial charge in [0.25, 0.3) is 0 Å². The number of carbonyl (C=O) groups is 1. The molecule has 3 rings (SSSR count). The summed E-state index contributed by atoms with van der Waals surface area (Å²) in [4.78, 5) is 12.2. The first-order chi connectivity index (χ1) is 13.1. The molecule has 0 spiro atoms. The quantitative estimate of drug-likeness (QED) is 0.732. The molecule has 144 valence electrons. The second kappa shape index (κ2) is 8.66. The van der Waals surface area contributed by atoms with Gasteiger partial charge in [-0.2, -0.15) is 13.9 Å². The fourth-order valence-electron chi connectivity index (χ4n) is 3.17. The Kier molecular flexibility index (Phi) is 6.05. The number of nitrogens with zero attached hydrogens (tertiary/aromatic N) is 2. The van der Waals surface area contributed by atoms with Gasteiger partial charge < -0.3 is 14.8 Å². The van der Waals surface area contributed by atoms with Crippen LogP contribution in [0.1, 0.15) is 37.3 Å². The zero-order valence-electron chi connectivity index (χ0n) is 14.9. The van der Waals surface area contributed by atoms with Gasteiger partial charge in [-0.05, 0) is 36.6 Å². The Labute approximate surface area is 155 Å². The molecule has 0 bridgehead atoms. The molecule has 1 aliphatic rings. The van der Waals surface area contributed by atoms with Crippen molar-refractivity contribution in [3.63, 3.8) is 0 Å². The van der Waals surface area contributed by atoms with Crippen LogP contribution < -0.4 is 14.8 Å². The molecule has 6 nitrogen and oxygen atoms in total. The average Bonchev–Trinajstić information content (AvgIpc) is 3.31. The van der Waals surface area contributed by atoms with Crippen molar-refractivity contribution in [3.05, 3.63) is 42.1 Å². The highest BCUT2D eigenvalue weighted by molar-refractivity contribution is 6.01. The van der Waals surface area contributed by atoms with E-state index in [0.717, 1.165) is 12.8 Å². The average molecular weight is 377 g/mol. The molecular weight excluding hydrogens is 356 g/mol. The second-order valence-corrected chi connectivity index (χ2v) is 6.21. The van der Waals surface area contributed by atoms with E-state index in [0.29, 0.717) is 17.4 Å². The lowest BCUT2D eigenvalue weighted by Gasteiger charge is -2.14. The Morgan fingerprint density at radius 2 is 2.07 bits per heavy atom. The highest BCUT2D eigenvalue weighted by Gasteiger charge is 2.20. The fraction of sp³-hybridized carbons (Fsp3) is 0.368. The molecule has 1 aliphatic carbocycles. The topological polar surface area (TPSA) is 65.4 Å². The maximum absolute atomic E-state index is 12.4. The summed E-state index contributed by atoms with van der Waals surface area (Å²) >= 11 is 0. The third-order valence-corrected chi connectivity index (χ3v) is 4.42. The van der Waals surface area contributed by atoms with Crippen molar-refractivity contribution in [3.8, 4) is 11.5 Å². The van der Waals surface area contributed by atoms with E-state index in [9.17, 15) is 13.6 Å². The maximum Gasteiger partial charge on any atom is 0.387 e. The minimum atomic E-state index is -2.93. The number of amides is 1. The Hall–Kier alpha value is -2.90. The molecule has 1 heterocycles. The molecule has 1 aromatic heterocycles. The number of rotatable bonds is 7. The Bertz CT molecular complexity index is 814. The highest BCUT2D eigenvalue weighted by atomic mass is 19.3. The van der Waals surface area contributed by atoms with Gasteiger partial charge in [0, 0.05) is 12.1 Å². The molecule has 0 unspecified atom stereocenters. The molecule has 1 aromatic carbocycles. The summed E-state index contributed by atoms with van der Waals surface area (Å²) in [6.45, 7) is -2.93. The van der Waals surface area contributed by atoms with Gasteiger partial charge in [-0.25, -0.2) is 4.68 Å². The molecule has 8 heteroatoms. The van der Waals surface area contributed by atoms with Gasteiger partial charge in [0.1, 0.15) is 5.82 Å². The van der Waals surface area contributed by atoms with E-state index in [-0.39, 0.29) is 17.4 Å². The lowest BCUT2D eigenvalue weighted by Crippen LogP contribution is -2.15. The van der Waals surface area contributed by atoms with Gasteiger partial charge >= 0.3 is 6.61 Å². The van der Waals surface area contributed by atoms with E-state index in [1.165, 1.54) is 38.2 Å². The number of hydrogen-bond donors (Lipinski definition) is 1. The van der Waals surface area contributed by atoms with Gasteiger partial charge in [-0.3, -0.25) is 4.79 Å². The van der Waals surface area contributed by atoms with Crippen LogP contribution in [-0.2, 0) is 4.79 Å². The number of benzene rings is 1. The zero-order valence-corrected chi connectivity index (χ0v) is 14.9. The van der Waals surface area contributed by atoms with E-state index < -0.39 is 6.61 Å². The van der Waals surface area contributed by atoms with Crippen LogP contribution >= 0.6 is 0 Å². The Balaban J connectivity index is 1.66. The molecule has 27 heavy (non-hydrogen) atoms. The Morgan fingerprint density at radius 3 is 2.78 bits per heavy atom. The SMILES string of the molecule is COc1cc(C=CC(=O)Nc2ccnn2C2CCCC2)ccc1OC(F)F. The van der Waals surface area contributed by atoms with Crippen LogP contribution in [0.2, 0.25) is 0 Å². The summed E-state index contributed by atoms with van der Waals surface area (Å²) in [6.07, 6.45) is 9.08. The monoisotopic (exact) mass is 377 g/mol. The number of halogens is 2. The molecule has 0 radical (unpaired) electrons. The smallest absolute Gasteiger partial charge is 0.387 e. The van der Waals surface area contributed by atoms with Crippen molar-refractivity contribution < 1.29 is 23.0 Å². The predicted molar refractivity (Wildman–Crippen MR) is 97.0 cm³/mol. The predicted octanol–water partition coefficient (Wildman–Crippen LogP) is 4.26. The van der Waals surface area contributed by atoms with Gasteiger partial charge in [0.2, 0.25) is 5.91 Å². The summed E-state index contributed by atoms with van der Waals surface area (Å²) in [5, 5.41) is 7.14. The summed E-state index contributed by atoms with van der Waals surface area (Å²) < 4.78 is 36.0. The van der Waals surface area contributed by atoms with Crippen molar-refractivity contribution >= 4 is 17.8 Å². The number of alkyl halides is 2. The van der Waals surface area contributed by atoms with Crippen molar-refractivity contribution in [2.24, 2.45) is 0 Å². The molecule has 1 N–H and O–H groups in total. The normalized spacial score (nSPS) is 14.8. The van der Waals surface area contributed by atoms with Crippen LogP contribution in [0.4, 0.5) is 14.6 Å². The lowest BCUT2D eigenvalue weighted by molar-refractivity contribution is -0.111. The van der Waals surface area contributed by atoms with Crippen molar-refractivity contribution in [1.82, 2.24) is 9.78 Å². The van der Waals surface area contributed by atoms with Crippen LogP contribution in [0, 0.1) is 0 Å². The molecule has 1 fully saturated rings. The molecule has 0 atom stereocenters. The lowest BCUT2D eigenvalue weighted by atomic mass is 10.2. The highest BCUT2D eigenvalue weighted by Crippen LogP contribution is 2.31. The van der Waals surface area contributed by atoms with Crippen molar-refractivity contribution in [1.29, 1.82) is 0 Å². The van der Waals surface area contributed by atoms with Gasteiger partial charge in [-0.1, -0.05) is 18.9 Å². The zero-order chi connectivity index (χ0) is 19.2. The van der Waals surface area contributed by atoms with E-state index in [1.807, 2.05) is 4.68 Å². The van der Waals surface area contributed by atoms with E-state index in [4.69, 9.17) is 4.74 Å². The van der Waals surface area contributed by atoms with E-state index in [2.05, 4.69) is 15.2 Å². The number of carbonyl (C=O) groups excluding carboxylic acids is 1. The van der Waals surface area contributed by atoms with E-state index in [1.54, 1.807) is 24.4 Å². The number of nitrogens with one attached hydrogen (secondary N) is 1. The first-order valence-electron chi connectivity index (χ1n) is 8.72. The minimum absolute atomic E-state index is 0.0606. The molecule has 2 aromatic rings. The van der Waals surface area contributed by atoms with Gasteiger partial charge in [0.15, 0.2) is 11.5 Å². The summed E-state index contributed by atoms with van der Waals surface area (Å²) in [5.74, 6) is 0.461. The van der Waals surface area contributed by atoms with Crippen LogP contribution in [0.3, 0.4) is 0 Å². The Morgan fingerprint density at radius 1 is 1.30 bits per heavy atom. The second-order valence-electron chi connectivity index (χ2n) is 6.21. The molecular formula is C19H21F2N3O3. The minimum Gasteiger partial charge on any atom is -0.493 e. The number of ether oxygens (including phenoxy) is 2. The number of aromatic nitrogens is 2. The van der Waals surface area contributed by atoms with Crippen molar-refractivity contribution in [2.45, 2.75) is 38.3 Å². The first kappa shape index (κ1) is 18.9. The summed E-state index contributed by atoms with van der Waals surface area (Å²) in [7, 11) is 1.36. The van der Waals surface area contributed by atoms with E-state index >= 15 is 0 Å². The third kappa shape index (κ3) is 4.84. The van der Waals surface area contributed by atoms with Crippen molar-refractivity contribution in [2.75, 3.05) is 12.4 Å². The molecule has 1 amide bonds. The first-order valence-corrected chi connectivity index (χ1v) is 8.72. The van der Waals surface area contributed by atoms with Crippen LogP contribution in [-0.4, -0.2) is 29.4 Å².